The average Bonchev–Trinajstić information content (AvgIpc) is 3.06. The van der Waals surface area contributed by atoms with Crippen molar-refractivity contribution in [3.63, 3.8) is 0 Å². The molecule has 2 unspecified atom stereocenters. The maximum atomic E-state index is 11.4. The van der Waals surface area contributed by atoms with Crippen LogP contribution >= 0.6 is 58.4 Å². The van der Waals surface area contributed by atoms with E-state index in [2.05, 4.69) is 0 Å². The fraction of sp³-hybridized carbons (Fsp3) is 0.556. The molecule has 162 valence electrons. The fourth-order valence-corrected chi connectivity index (χ4v) is 5.85. The number of rotatable bonds is 12. The zero-order valence-electron chi connectivity index (χ0n) is 16.6. The van der Waals surface area contributed by atoms with Gasteiger partial charge in [-0.15, -0.1) is 11.3 Å². The summed E-state index contributed by atoms with van der Waals surface area (Å²) in [5.74, 6) is 2.09. The molecule has 1 aromatic rings. The minimum atomic E-state index is -0.151. The summed E-state index contributed by atoms with van der Waals surface area (Å²) in [6, 6.07) is 0. The van der Waals surface area contributed by atoms with E-state index in [1.54, 1.807) is 10.8 Å². The van der Waals surface area contributed by atoms with Crippen molar-refractivity contribution in [2.24, 2.45) is 0 Å². The Balaban J connectivity index is 2.64. The lowest BCUT2D eigenvalue weighted by Crippen LogP contribution is -2.21. The van der Waals surface area contributed by atoms with Crippen molar-refractivity contribution >= 4 is 78.8 Å². The largest absolute Gasteiger partial charge is 0.488 e. The maximum absolute atomic E-state index is 11.4. The number of carbonyl (C=O) groups excluding carboxylic acids is 4. The Bertz CT molecular complexity index is 648. The topological polar surface area (TPSA) is 86.7 Å². The number of carbonyl (C=O) groups is 4. The van der Waals surface area contributed by atoms with E-state index in [4.69, 9.17) is 9.47 Å². The predicted molar refractivity (Wildman–Crippen MR) is 126 cm³/mol. The molecule has 0 fully saturated rings. The van der Waals surface area contributed by atoms with E-state index >= 15 is 0 Å². The van der Waals surface area contributed by atoms with Crippen molar-refractivity contribution in [3.05, 3.63) is 10.8 Å². The molecular weight excluding hydrogens is 473 g/mol. The van der Waals surface area contributed by atoms with Crippen molar-refractivity contribution < 1.29 is 28.7 Å². The molecule has 0 N–H and O–H groups in total. The van der Waals surface area contributed by atoms with Crippen LogP contribution in [0.5, 0.6) is 11.5 Å². The summed E-state index contributed by atoms with van der Waals surface area (Å²) in [6.07, 6.45) is 0. The molecule has 0 spiro atoms. The van der Waals surface area contributed by atoms with Gasteiger partial charge in [0, 0.05) is 50.0 Å². The van der Waals surface area contributed by atoms with Gasteiger partial charge in [-0.1, -0.05) is 47.0 Å². The first kappa shape index (κ1) is 26.4. The minimum absolute atomic E-state index is 0.00356. The van der Waals surface area contributed by atoms with Crippen LogP contribution in [-0.4, -0.2) is 55.7 Å². The van der Waals surface area contributed by atoms with Gasteiger partial charge in [0.25, 0.3) is 0 Å². The molecule has 0 saturated carbocycles. The summed E-state index contributed by atoms with van der Waals surface area (Å²) in [5.41, 5.74) is 0. The molecule has 6 nitrogen and oxygen atoms in total. The third kappa shape index (κ3) is 12.6. The van der Waals surface area contributed by atoms with Gasteiger partial charge in [-0.2, -0.15) is 0 Å². The standard InChI is InChI=1S/C18H24O6S5/c1-11(19)26-7-15(28-13(3)21)5-23-17-9-25-10-18(17)24-6-16(29-14(4)22)8-27-12(2)20/h9-10,15-16H,5-8H2,1-4H3. The lowest BCUT2D eigenvalue weighted by molar-refractivity contribution is -0.110. The summed E-state index contributed by atoms with van der Waals surface area (Å²) in [6.45, 7) is 6.49. The Morgan fingerprint density at radius 1 is 0.759 bits per heavy atom. The second kappa shape index (κ2) is 14.4. The predicted octanol–water partition coefficient (Wildman–Crippen LogP) is 4.36. The van der Waals surface area contributed by atoms with Gasteiger partial charge in [-0.05, 0) is 0 Å². The Kier molecular flexibility index (Phi) is 13.1. The first-order valence-corrected chi connectivity index (χ1v) is 13.3. The quantitative estimate of drug-likeness (QED) is 0.416. The number of hydrogen-bond donors (Lipinski definition) is 0. The first-order valence-electron chi connectivity index (χ1n) is 8.60. The smallest absolute Gasteiger partial charge is 0.186 e. The third-order valence-corrected chi connectivity index (χ3v) is 8.06. The normalized spacial score (nSPS) is 12.8. The number of thiophene rings is 1. The van der Waals surface area contributed by atoms with Crippen LogP contribution < -0.4 is 9.47 Å². The van der Waals surface area contributed by atoms with E-state index in [0.29, 0.717) is 23.0 Å². The first-order chi connectivity index (χ1) is 13.7. The van der Waals surface area contributed by atoms with Crippen LogP contribution in [0.15, 0.2) is 10.8 Å². The second-order valence-corrected chi connectivity index (χ2v) is 11.9. The maximum Gasteiger partial charge on any atom is 0.186 e. The number of ether oxygens (including phenoxy) is 2. The van der Waals surface area contributed by atoms with Crippen LogP contribution in [0.4, 0.5) is 0 Å². The Morgan fingerprint density at radius 2 is 1.14 bits per heavy atom. The Hall–Kier alpha value is -0.620. The fourth-order valence-electron chi connectivity index (χ4n) is 1.97. The van der Waals surface area contributed by atoms with Gasteiger partial charge in [-0.25, -0.2) is 0 Å². The molecule has 0 radical (unpaired) electrons. The molecule has 11 heteroatoms. The molecule has 1 rings (SSSR count). The van der Waals surface area contributed by atoms with Gasteiger partial charge in [0.05, 0.1) is 10.5 Å². The lowest BCUT2D eigenvalue weighted by Gasteiger charge is -2.17. The number of thioether (sulfide) groups is 4. The summed E-state index contributed by atoms with van der Waals surface area (Å²) in [7, 11) is 0. The number of hydrogen-bond acceptors (Lipinski definition) is 11. The highest BCUT2D eigenvalue weighted by molar-refractivity contribution is 8.17. The molecule has 2 atom stereocenters. The van der Waals surface area contributed by atoms with Crippen LogP contribution in [0.3, 0.4) is 0 Å². The Morgan fingerprint density at radius 3 is 1.45 bits per heavy atom. The SMILES string of the molecule is CC(=O)SCC(COc1cscc1OCC(CSC(C)=O)SC(C)=O)SC(C)=O. The highest BCUT2D eigenvalue weighted by atomic mass is 32.2. The molecule has 0 saturated heterocycles. The van der Waals surface area contributed by atoms with Gasteiger partial charge < -0.3 is 9.47 Å². The highest BCUT2D eigenvalue weighted by Gasteiger charge is 2.19. The molecule has 0 aliphatic rings. The Labute approximate surface area is 192 Å². The summed E-state index contributed by atoms with van der Waals surface area (Å²) in [5, 5.41) is 3.24. The van der Waals surface area contributed by atoms with Crippen LogP contribution in [-0.2, 0) is 19.2 Å². The molecule has 1 aromatic heterocycles. The second-order valence-electron chi connectivity index (χ2n) is 5.79. The van der Waals surface area contributed by atoms with Crippen molar-refractivity contribution in [2.75, 3.05) is 24.7 Å². The summed E-state index contributed by atoms with van der Waals surface area (Å²) >= 11 is 6.06. The monoisotopic (exact) mass is 496 g/mol. The van der Waals surface area contributed by atoms with E-state index in [9.17, 15) is 19.2 Å². The molecular formula is C18H24O6S5. The van der Waals surface area contributed by atoms with Crippen LogP contribution in [0.2, 0.25) is 0 Å². The zero-order chi connectivity index (χ0) is 21.8. The van der Waals surface area contributed by atoms with E-state index in [1.807, 2.05) is 0 Å². The van der Waals surface area contributed by atoms with E-state index in [0.717, 1.165) is 23.5 Å². The molecule has 0 aliphatic carbocycles. The lowest BCUT2D eigenvalue weighted by atomic mass is 10.4. The highest BCUT2D eigenvalue weighted by Crippen LogP contribution is 2.33. The summed E-state index contributed by atoms with van der Waals surface area (Å²) < 4.78 is 11.7. The molecule has 0 amide bonds. The zero-order valence-corrected chi connectivity index (χ0v) is 20.7. The average molecular weight is 497 g/mol. The van der Waals surface area contributed by atoms with Crippen molar-refractivity contribution in [3.8, 4) is 11.5 Å². The van der Waals surface area contributed by atoms with Gasteiger partial charge in [0.2, 0.25) is 0 Å². The van der Waals surface area contributed by atoms with E-state index in [-0.39, 0.29) is 44.2 Å². The van der Waals surface area contributed by atoms with Gasteiger partial charge >= 0.3 is 0 Å². The van der Waals surface area contributed by atoms with Gasteiger partial charge in [0.15, 0.2) is 32.0 Å². The molecule has 29 heavy (non-hydrogen) atoms. The van der Waals surface area contributed by atoms with Crippen molar-refractivity contribution in [2.45, 2.75) is 38.2 Å². The van der Waals surface area contributed by atoms with E-state index in [1.165, 1.54) is 62.6 Å². The van der Waals surface area contributed by atoms with Crippen LogP contribution in [0, 0.1) is 0 Å². The molecule has 0 bridgehead atoms. The molecule has 0 aliphatic heterocycles. The van der Waals surface area contributed by atoms with Gasteiger partial charge in [-0.3, -0.25) is 19.2 Å². The summed E-state index contributed by atoms with van der Waals surface area (Å²) in [4.78, 5) is 45.3. The van der Waals surface area contributed by atoms with Crippen LogP contribution in [0.1, 0.15) is 27.7 Å². The van der Waals surface area contributed by atoms with Gasteiger partial charge in [0.1, 0.15) is 13.2 Å². The van der Waals surface area contributed by atoms with E-state index < -0.39 is 0 Å². The third-order valence-electron chi connectivity index (χ3n) is 3.05. The van der Waals surface area contributed by atoms with Crippen molar-refractivity contribution in [1.29, 1.82) is 0 Å². The van der Waals surface area contributed by atoms with Crippen LogP contribution in [0.25, 0.3) is 0 Å². The molecule has 1 heterocycles. The minimum Gasteiger partial charge on any atom is -0.488 e. The molecule has 0 aromatic carbocycles. The van der Waals surface area contributed by atoms with Crippen molar-refractivity contribution in [1.82, 2.24) is 0 Å².